The van der Waals surface area contributed by atoms with Gasteiger partial charge in [-0.1, -0.05) is 49.2 Å². The number of benzene rings is 2. The molecule has 32 heavy (non-hydrogen) atoms. The van der Waals surface area contributed by atoms with Crippen molar-refractivity contribution in [3.05, 3.63) is 57.6 Å². The van der Waals surface area contributed by atoms with Crippen LogP contribution in [0.25, 0.3) is 0 Å². The number of aliphatic hydroxyl groups is 1. The van der Waals surface area contributed by atoms with Crippen LogP contribution in [0.4, 0.5) is 0 Å². The number of nitrogens with one attached hydrogen (secondary N) is 1. The van der Waals surface area contributed by atoms with Crippen LogP contribution in [0.1, 0.15) is 25.0 Å². The smallest absolute Gasteiger partial charge is 0.208 e. The molecule has 7 nitrogen and oxygen atoms in total. The summed E-state index contributed by atoms with van der Waals surface area (Å²) >= 11 is 12.9. The van der Waals surface area contributed by atoms with E-state index in [1.165, 1.54) is 0 Å². The molecule has 0 amide bonds. The van der Waals surface area contributed by atoms with Crippen LogP contribution in [-0.2, 0) is 20.2 Å². The van der Waals surface area contributed by atoms with Crippen molar-refractivity contribution >= 4 is 33.2 Å². The van der Waals surface area contributed by atoms with Gasteiger partial charge in [-0.05, 0) is 35.4 Å². The lowest BCUT2D eigenvalue weighted by molar-refractivity contribution is 0.111. The Morgan fingerprint density at radius 3 is 2.28 bits per heavy atom. The fraction of sp³-hybridized carbons (Fsp3) is 0.455. The minimum atomic E-state index is -3.36. The van der Waals surface area contributed by atoms with Gasteiger partial charge in [0.2, 0.25) is 10.0 Å². The van der Waals surface area contributed by atoms with Crippen molar-refractivity contribution in [2.45, 2.75) is 31.5 Å². The Hall–Kier alpha value is -1.55. The van der Waals surface area contributed by atoms with E-state index < -0.39 is 21.5 Å². The first-order chi connectivity index (χ1) is 15.0. The van der Waals surface area contributed by atoms with Crippen molar-refractivity contribution in [3.8, 4) is 11.5 Å². The van der Waals surface area contributed by atoms with E-state index in [0.717, 1.165) is 17.4 Å². The topological polar surface area (TPSA) is 97.4 Å². The lowest BCUT2D eigenvalue weighted by Crippen LogP contribution is -2.34. The predicted octanol–water partition coefficient (Wildman–Crippen LogP) is 3.39. The summed E-state index contributed by atoms with van der Waals surface area (Å²) in [7, 11) is -3.36. The molecule has 2 aromatic rings. The highest BCUT2D eigenvalue weighted by Gasteiger charge is 2.27. The fourth-order valence-corrected chi connectivity index (χ4v) is 4.12. The minimum absolute atomic E-state index is 0.0379. The highest BCUT2D eigenvalue weighted by atomic mass is 35.5. The standard InChI is InChI=1S/C22H27Cl2NO6S/c1-22(2,15-8-19(23)21(20(24)9-15)31-13-18-12-30-18)14-4-6-17(7-5-14)29-11-16(26)10-25-32(3,27)28/h4-9,16,18,25-26H,10-13H2,1-3H3. The molecule has 0 aromatic heterocycles. The molecule has 2 unspecified atom stereocenters. The number of hydrogen-bond donors (Lipinski definition) is 2. The summed E-state index contributed by atoms with van der Waals surface area (Å²) in [4.78, 5) is 0. The largest absolute Gasteiger partial charge is 0.491 e. The summed E-state index contributed by atoms with van der Waals surface area (Å²) in [5.74, 6) is 1.01. The third-order valence-electron chi connectivity index (χ3n) is 5.14. The molecule has 3 rings (SSSR count). The first kappa shape index (κ1) is 25.1. The third-order valence-corrected chi connectivity index (χ3v) is 6.39. The van der Waals surface area contributed by atoms with Gasteiger partial charge < -0.3 is 19.3 Å². The Bertz CT molecular complexity index is 1020. The molecule has 1 heterocycles. The molecule has 1 fully saturated rings. The quantitative estimate of drug-likeness (QED) is 0.456. The van der Waals surface area contributed by atoms with Gasteiger partial charge >= 0.3 is 0 Å². The van der Waals surface area contributed by atoms with Crippen LogP contribution in [0.2, 0.25) is 10.0 Å². The number of halogens is 2. The zero-order valence-electron chi connectivity index (χ0n) is 18.1. The van der Waals surface area contributed by atoms with Gasteiger partial charge in [0.05, 0.1) is 22.9 Å². The second-order valence-corrected chi connectivity index (χ2v) is 10.9. The Morgan fingerprint density at radius 2 is 1.75 bits per heavy atom. The molecule has 10 heteroatoms. The molecule has 0 aliphatic carbocycles. The third kappa shape index (κ3) is 6.97. The van der Waals surface area contributed by atoms with Crippen LogP contribution in [-0.4, -0.2) is 58.4 Å². The van der Waals surface area contributed by atoms with Crippen LogP contribution in [0, 0.1) is 0 Å². The Kier molecular flexibility index (Phi) is 7.96. The van der Waals surface area contributed by atoms with Crippen LogP contribution in [0.3, 0.4) is 0 Å². The summed E-state index contributed by atoms with van der Waals surface area (Å²) < 4.78 is 40.8. The summed E-state index contributed by atoms with van der Waals surface area (Å²) in [6.45, 7) is 5.08. The van der Waals surface area contributed by atoms with E-state index in [9.17, 15) is 13.5 Å². The average Bonchev–Trinajstić information content (AvgIpc) is 3.54. The van der Waals surface area contributed by atoms with Gasteiger partial charge in [-0.25, -0.2) is 13.1 Å². The molecule has 2 atom stereocenters. The van der Waals surface area contributed by atoms with E-state index >= 15 is 0 Å². The van der Waals surface area contributed by atoms with Gasteiger partial charge in [0, 0.05) is 12.0 Å². The monoisotopic (exact) mass is 503 g/mol. The number of aliphatic hydroxyl groups excluding tert-OH is 1. The summed E-state index contributed by atoms with van der Waals surface area (Å²) in [5, 5.41) is 10.7. The van der Waals surface area contributed by atoms with Gasteiger partial charge in [-0.2, -0.15) is 0 Å². The molecule has 0 radical (unpaired) electrons. The minimum Gasteiger partial charge on any atom is -0.491 e. The Labute approximate surface area is 198 Å². The van der Waals surface area contributed by atoms with Gasteiger partial charge in [0.1, 0.15) is 31.2 Å². The van der Waals surface area contributed by atoms with Gasteiger partial charge in [-0.15, -0.1) is 0 Å². The van der Waals surface area contributed by atoms with Crippen molar-refractivity contribution in [3.63, 3.8) is 0 Å². The van der Waals surface area contributed by atoms with Crippen LogP contribution >= 0.6 is 23.2 Å². The maximum atomic E-state index is 11.1. The van der Waals surface area contributed by atoms with Crippen molar-refractivity contribution in [2.75, 3.05) is 32.6 Å². The first-order valence-corrected chi connectivity index (χ1v) is 12.7. The first-order valence-electron chi connectivity index (χ1n) is 10.1. The molecule has 1 aliphatic heterocycles. The molecular formula is C22H27Cl2NO6S. The fourth-order valence-electron chi connectivity index (χ4n) is 3.03. The SMILES string of the molecule is CC(C)(c1ccc(OCC(O)CNS(C)(=O)=O)cc1)c1cc(Cl)c(OCC2CO2)c(Cl)c1. The molecule has 0 saturated carbocycles. The van der Waals surface area contributed by atoms with E-state index in [-0.39, 0.29) is 19.3 Å². The lowest BCUT2D eigenvalue weighted by atomic mass is 9.78. The zero-order valence-corrected chi connectivity index (χ0v) is 20.4. The number of hydrogen-bond acceptors (Lipinski definition) is 6. The number of epoxide rings is 1. The molecule has 176 valence electrons. The highest BCUT2D eigenvalue weighted by molar-refractivity contribution is 7.88. The molecule has 1 saturated heterocycles. The molecule has 0 bridgehead atoms. The van der Waals surface area contributed by atoms with E-state index in [0.29, 0.717) is 34.8 Å². The maximum absolute atomic E-state index is 11.1. The molecule has 0 spiro atoms. The molecule has 2 aromatic carbocycles. The normalized spacial score (nSPS) is 17.1. The van der Waals surface area contributed by atoms with Crippen molar-refractivity contribution in [2.24, 2.45) is 0 Å². The Morgan fingerprint density at radius 1 is 1.16 bits per heavy atom. The van der Waals surface area contributed by atoms with Gasteiger partial charge in [0.25, 0.3) is 0 Å². The second kappa shape index (κ2) is 10.2. The van der Waals surface area contributed by atoms with Crippen LogP contribution < -0.4 is 14.2 Å². The van der Waals surface area contributed by atoms with E-state index in [4.69, 9.17) is 37.4 Å². The van der Waals surface area contributed by atoms with Crippen molar-refractivity contribution < 1.29 is 27.7 Å². The number of ether oxygens (including phenoxy) is 3. The Balaban J connectivity index is 1.65. The summed E-state index contributed by atoms with van der Waals surface area (Å²) in [6.07, 6.45) is 0.180. The maximum Gasteiger partial charge on any atom is 0.208 e. The van der Waals surface area contributed by atoms with E-state index in [1.807, 2.05) is 24.3 Å². The summed E-state index contributed by atoms with van der Waals surface area (Å²) in [5.41, 5.74) is 1.54. The second-order valence-electron chi connectivity index (χ2n) is 8.27. The van der Waals surface area contributed by atoms with Gasteiger partial charge in [0.15, 0.2) is 5.75 Å². The number of rotatable bonds is 11. The average molecular weight is 504 g/mol. The van der Waals surface area contributed by atoms with Crippen molar-refractivity contribution in [1.29, 1.82) is 0 Å². The highest BCUT2D eigenvalue weighted by Crippen LogP contribution is 2.41. The molecule has 2 N–H and O–H groups in total. The molecule has 1 aliphatic rings. The number of sulfonamides is 1. The van der Waals surface area contributed by atoms with Gasteiger partial charge in [-0.3, -0.25) is 0 Å². The molecular weight excluding hydrogens is 477 g/mol. The zero-order chi connectivity index (χ0) is 23.5. The summed E-state index contributed by atoms with van der Waals surface area (Å²) in [6, 6.07) is 11.1. The van der Waals surface area contributed by atoms with E-state index in [2.05, 4.69) is 18.6 Å². The lowest BCUT2D eigenvalue weighted by Gasteiger charge is -2.27. The predicted molar refractivity (Wildman–Crippen MR) is 125 cm³/mol. The van der Waals surface area contributed by atoms with E-state index in [1.54, 1.807) is 12.1 Å². The van der Waals surface area contributed by atoms with Crippen LogP contribution in [0.5, 0.6) is 11.5 Å². The van der Waals surface area contributed by atoms with Crippen molar-refractivity contribution in [1.82, 2.24) is 4.72 Å². The van der Waals surface area contributed by atoms with Crippen LogP contribution in [0.15, 0.2) is 36.4 Å².